The van der Waals surface area contributed by atoms with Gasteiger partial charge in [0.25, 0.3) is 0 Å². The molecule has 4 rings (SSSR count). The van der Waals surface area contributed by atoms with E-state index in [4.69, 9.17) is 4.74 Å². The Balaban J connectivity index is 1.64. The number of hydrogen-bond donors (Lipinski definition) is 1. The second-order valence-corrected chi connectivity index (χ2v) is 9.19. The minimum absolute atomic E-state index is 0.0893. The average Bonchev–Trinajstić information content (AvgIpc) is 3.33. The van der Waals surface area contributed by atoms with Gasteiger partial charge in [-0.15, -0.1) is 11.3 Å². The monoisotopic (exact) mass is 402 g/mol. The van der Waals surface area contributed by atoms with Crippen molar-refractivity contribution in [1.29, 1.82) is 0 Å². The highest BCUT2D eigenvalue weighted by Crippen LogP contribution is 2.49. The molecule has 5 atom stereocenters. The number of fused-ring (bicyclic) bond motifs is 3. The van der Waals surface area contributed by atoms with Gasteiger partial charge in [0.05, 0.1) is 18.1 Å². The van der Waals surface area contributed by atoms with Crippen LogP contribution in [0.5, 0.6) is 0 Å². The lowest BCUT2D eigenvalue weighted by atomic mass is 9.82. The van der Waals surface area contributed by atoms with Crippen molar-refractivity contribution < 1.29 is 24.2 Å². The number of carbonyl (C=O) groups is 3. The van der Waals surface area contributed by atoms with Crippen LogP contribution >= 0.6 is 11.3 Å². The molecule has 0 spiro atoms. The molecule has 28 heavy (non-hydrogen) atoms. The van der Waals surface area contributed by atoms with Crippen molar-refractivity contribution in [2.75, 3.05) is 11.9 Å². The summed E-state index contributed by atoms with van der Waals surface area (Å²) in [6, 6.07) is 0. The molecule has 1 aromatic rings. The van der Waals surface area contributed by atoms with E-state index in [1.807, 2.05) is 12.2 Å². The highest BCUT2D eigenvalue weighted by Gasteiger charge is 2.49. The van der Waals surface area contributed by atoms with Gasteiger partial charge in [-0.3, -0.25) is 4.79 Å². The van der Waals surface area contributed by atoms with Gasteiger partial charge in [0.2, 0.25) is 5.91 Å². The van der Waals surface area contributed by atoms with E-state index in [2.05, 4.69) is 12.2 Å². The van der Waals surface area contributed by atoms with Gasteiger partial charge in [0.1, 0.15) is 5.00 Å². The van der Waals surface area contributed by atoms with Crippen molar-refractivity contribution in [2.45, 2.75) is 39.5 Å². The number of ether oxygens (including phenoxy) is 1. The zero-order chi connectivity index (χ0) is 20.0. The summed E-state index contributed by atoms with van der Waals surface area (Å²) in [4.78, 5) is 38.4. The first-order valence-corrected chi connectivity index (χ1v) is 10.7. The first-order valence-electron chi connectivity index (χ1n) is 9.92. The summed E-state index contributed by atoms with van der Waals surface area (Å²) in [6.45, 7) is 4.17. The molecule has 1 aromatic heterocycles. The number of carboxylic acid groups (broad SMARTS) is 1. The number of nitrogens with one attached hydrogen (secondary N) is 1. The first kappa shape index (κ1) is 19.2. The fraction of sp³-hybridized carbons (Fsp3) is 0.571. The van der Waals surface area contributed by atoms with Crippen LogP contribution in [0.15, 0.2) is 12.2 Å². The number of anilines is 1. The summed E-state index contributed by atoms with van der Waals surface area (Å²) >= 11 is 1.42. The van der Waals surface area contributed by atoms with E-state index < -0.39 is 23.8 Å². The van der Waals surface area contributed by atoms with Crippen molar-refractivity contribution in [1.82, 2.24) is 0 Å². The topological polar surface area (TPSA) is 95.5 Å². The number of carboxylic acids is 1. The predicted molar refractivity (Wildman–Crippen MR) is 103 cm³/mol. The van der Waals surface area contributed by atoms with E-state index in [1.165, 1.54) is 11.3 Å². The zero-order valence-corrected chi connectivity index (χ0v) is 16.8. The smallest absolute Gasteiger partial charge is 0.341 e. The number of esters is 1. The molecule has 7 heteroatoms. The van der Waals surface area contributed by atoms with Crippen LogP contribution in [-0.2, 0) is 27.2 Å². The maximum atomic E-state index is 13.0. The van der Waals surface area contributed by atoms with Gasteiger partial charge in [-0.2, -0.15) is 0 Å². The Labute approximate surface area is 168 Å². The van der Waals surface area contributed by atoms with Gasteiger partial charge in [-0.25, -0.2) is 4.79 Å². The molecule has 1 N–H and O–H groups in total. The van der Waals surface area contributed by atoms with Crippen LogP contribution in [0.1, 0.15) is 47.5 Å². The lowest BCUT2D eigenvalue weighted by Crippen LogP contribution is -2.42. The Hall–Kier alpha value is -2.15. The summed E-state index contributed by atoms with van der Waals surface area (Å²) in [5, 5.41) is 15.0. The highest BCUT2D eigenvalue weighted by molar-refractivity contribution is 7.17. The Morgan fingerprint density at radius 1 is 1.25 bits per heavy atom. The fourth-order valence-electron chi connectivity index (χ4n) is 4.96. The van der Waals surface area contributed by atoms with Crippen LogP contribution < -0.4 is 10.4 Å². The molecule has 0 unspecified atom stereocenters. The van der Waals surface area contributed by atoms with Crippen molar-refractivity contribution in [3.63, 3.8) is 0 Å². The van der Waals surface area contributed by atoms with Gasteiger partial charge in [-0.1, -0.05) is 19.1 Å². The van der Waals surface area contributed by atoms with Crippen LogP contribution in [0.3, 0.4) is 0 Å². The third kappa shape index (κ3) is 3.15. The summed E-state index contributed by atoms with van der Waals surface area (Å²) in [5.41, 5.74) is 1.42. The summed E-state index contributed by atoms with van der Waals surface area (Å²) < 4.78 is 5.25. The molecule has 1 heterocycles. The van der Waals surface area contributed by atoms with Gasteiger partial charge < -0.3 is 20.0 Å². The molecule has 0 aromatic carbocycles. The number of hydrogen-bond acceptors (Lipinski definition) is 6. The van der Waals surface area contributed by atoms with E-state index in [-0.39, 0.29) is 24.3 Å². The Bertz CT molecular complexity index is 857. The van der Waals surface area contributed by atoms with Gasteiger partial charge in [-0.05, 0) is 55.9 Å². The lowest BCUT2D eigenvalue weighted by Gasteiger charge is -2.27. The molecular weight excluding hydrogens is 378 g/mol. The van der Waals surface area contributed by atoms with Crippen molar-refractivity contribution >= 4 is 34.2 Å². The second kappa shape index (κ2) is 7.35. The third-order valence-electron chi connectivity index (χ3n) is 6.26. The summed E-state index contributed by atoms with van der Waals surface area (Å²) in [5.74, 6) is -3.18. The van der Waals surface area contributed by atoms with Gasteiger partial charge >= 0.3 is 5.97 Å². The molecule has 6 nitrogen and oxygen atoms in total. The molecule has 1 amide bonds. The molecule has 3 aliphatic carbocycles. The number of allylic oxidation sites excluding steroid dienone is 2. The Kier molecular flexibility index (Phi) is 5.04. The lowest BCUT2D eigenvalue weighted by molar-refractivity contribution is -0.313. The standard InChI is InChI=1S/C21H25NO5S/c1-3-27-21(26)17-13-8-10(2)4-7-14(13)28-19(17)22-18(23)15-11-5-6-12(9-11)16(15)20(24)25/h5-6,10-12,15-16H,3-4,7-9H2,1-2H3,(H,22,23)(H,24,25)/p-1/t10-,11+,12+,15-,16-/m0/s1. The molecule has 1 saturated carbocycles. The number of rotatable bonds is 5. The molecular formula is C21H24NO5S-. The minimum Gasteiger partial charge on any atom is -0.550 e. The van der Waals surface area contributed by atoms with Crippen molar-refractivity contribution in [3.8, 4) is 0 Å². The number of carbonyl (C=O) groups excluding carboxylic acids is 3. The maximum Gasteiger partial charge on any atom is 0.341 e. The first-order chi connectivity index (χ1) is 13.4. The predicted octanol–water partition coefficient (Wildman–Crippen LogP) is 2.18. The SMILES string of the molecule is CCOC(=O)c1c(NC(=O)[C@@H]2[C@@H](C(=O)[O-])[C@@H]3C=C[C@@H]2C3)sc2c1C[C@@H](C)CC2. The third-order valence-corrected chi connectivity index (χ3v) is 7.47. The van der Waals surface area contributed by atoms with Crippen LogP contribution in [0.25, 0.3) is 0 Å². The number of aryl methyl sites for hydroxylation is 1. The van der Waals surface area contributed by atoms with E-state index in [0.717, 1.165) is 29.7 Å². The minimum atomic E-state index is -1.18. The second-order valence-electron chi connectivity index (χ2n) is 8.08. The van der Waals surface area contributed by atoms with Gasteiger partial charge in [0.15, 0.2) is 0 Å². The summed E-state index contributed by atoms with van der Waals surface area (Å²) in [7, 11) is 0. The maximum absolute atomic E-state index is 13.0. The Morgan fingerprint density at radius 3 is 2.64 bits per heavy atom. The van der Waals surface area contributed by atoms with Crippen LogP contribution in [-0.4, -0.2) is 24.5 Å². The van der Waals surface area contributed by atoms with E-state index in [9.17, 15) is 19.5 Å². The van der Waals surface area contributed by atoms with E-state index >= 15 is 0 Å². The van der Waals surface area contributed by atoms with Crippen molar-refractivity contribution in [2.24, 2.45) is 29.6 Å². The zero-order valence-electron chi connectivity index (χ0n) is 16.0. The van der Waals surface area contributed by atoms with Crippen molar-refractivity contribution in [3.05, 3.63) is 28.2 Å². The van der Waals surface area contributed by atoms with Crippen LogP contribution in [0.2, 0.25) is 0 Å². The largest absolute Gasteiger partial charge is 0.550 e. The molecule has 2 bridgehead atoms. The van der Waals surface area contributed by atoms with Gasteiger partial charge in [0, 0.05) is 16.8 Å². The highest BCUT2D eigenvalue weighted by atomic mass is 32.1. The molecule has 0 radical (unpaired) electrons. The molecule has 0 saturated heterocycles. The summed E-state index contributed by atoms with van der Waals surface area (Å²) in [6.07, 6.45) is 7.19. The molecule has 150 valence electrons. The van der Waals surface area contributed by atoms with Crippen LogP contribution in [0.4, 0.5) is 5.00 Å². The fourth-order valence-corrected chi connectivity index (χ4v) is 6.20. The molecule has 1 fully saturated rings. The normalized spacial score (nSPS) is 30.1. The van der Waals surface area contributed by atoms with Crippen LogP contribution in [0, 0.1) is 29.6 Å². The average molecular weight is 402 g/mol. The number of thiophene rings is 1. The van der Waals surface area contributed by atoms with E-state index in [1.54, 1.807) is 6.92 Å². The quantitative estimate of drug-likeness (QED) is 0.602. The van der Waals surface area contributed by atoms with E-state index in [0.29, 0.717) is 22.9 Å². The molecule has 0 aliphatic heterocycles. The molecule has 3 aliphatic rings. The number of amides is 1. The Morgan fingerprint density at radius 2 is 1.96 bits per heavy atom. The number of aliphatic carboxylic acids is 1.